The van der Waals surface area contributed by atoms with Crippen LogP contribution in [0.15, 0.2) is 46.1 Å². The summed E-state index contributed by atoms with van der Waals surface area (Å²) in [5.74, 6) is -1.23. The number of hydroxylamine groups is 2. The lowest BCUT2D eigenvalue weighted by atomic mass is 10.1. The second kappa shape index (κ2) is 7.37. The summed E-state index contributed by atoms with van der Waals surface area (Å²) in [7, 11) is 1.33. The van der Waals surface area contributed by atoms with Gasteiger partial charge in [-0.25, -0.2) is 4.79 Å². The molecule has 4 atom stereocenters. The summed E-state index contributed by atoms with van der Waals surface area (Å²) in [6, 6.07) is 7.42. The number of imide groups is 1. The van der Waals surface area contributed by atoms with Gasteiger partial charge in [0.1, 0.15) is 24.9 Å². The number of H-pyrrole nitrogens is 1. The Morgan fingerprint density at radius 3 is 2.34 bits per heavy atom. The minimum atomic E-state index is -1.22. The lowest BCUT2D eigenvalue weighted by Crippen LogP contribution is -2.40. The molecule has 0 spiro atoms. The molecular formula is C18H17N3O8. The number of carbonyl (C=O) groups excluding carboxylic acids is 2. The van der Waals surface area contributed by atoms with Crippen molar-refractivity contribution in [3.05, 3.63) is 68.5 Å². The van der Waals surface area contributed by atoms with Crippen molar-refractivity contribution in [2.75, 3.05) is 13.7 Å². The van der Waals surface area contributed by atoms with Gasteiger partial charge in [0, 0.05) is 19.4 Å². The van der Waals surface area contributed by atoms with Gasteiger partial charge >= 0.3 is 5.69 Å². The fourth-order valence-corrected chi connectivity index (χ4v) is 3.39. The number of carbonyl (C=O) groups is 2. The highest BCUT2D eigenvalue weighted by Gasteiger charge is 2.47. The molecule has 11 nitrogen and oxygen atoms in total. The molecule has 0 aliphatic carbocycles. The van der Waals surface area contributed by atoms with Crippen LogP contribution in [0.3, 0.4) is 0 Å². The van der Waals surface area contributed by atoms with Crippen molar-refractivity contribution >= 4 is 11.8 Å². The van der Waals surface area contributed by atoms with Gasteiger partial charge in [-0.2, -0.15) is 0 Å². The van der Waals surface area contributed by atoms with E-state index in [1.165, 1.54) is 25.4 Å². The zero-order chi connectivity index (χ0) is 20.7. The van der Waals surface area contributed by atoms with E-state index in [9.17, 15) is 24.3 Å². The smallest absolute Gasteiger partial charge is 0.330 e. The average Bonchev–Trinajstić information content (AvgIpc) is 3.14. The molecule has 4 rings (SSSR count). The number of rotatable bonds is 5. The molecule has 2 amide bonds. The van der Waals surface area contributed by atoms with Crippen LogP contribution in [0, 0.1) is 0 Å². The fraction of sp³-hybridized carbons (Fsp3) is 0.333. The van der Waals surface area contributed by atoms with Crippen molar-refractivity contribution in [2.24, 2.45) is 0 Å². The van der Waals surface area contributed by atoms with Crippen LogP contribution in [-0.4, -0.2) is 63.6 Å². The van der Waals surface area contributed by atoms with Crippen LogP contribution < -0.4 is 11.2 Å². The number of aromatic amines is 1. The summed E-state index contributed by atoms with van der Waals surface area (Å²) in [6.45, 7) is -0.346. The first-order valence-electron chi connectivity index (χ1n) is 8.71. The Hall–Kier alpha value is -3.12. The molecule has 0 radical (unpaired) electrons. The van der Waals surface area contributed by atoms with Gasteiger partial charge in [-0.15, -0.1) is 5.06 Å². The van der Waals surface area contributed by atoms with Crippen LogP contribution >= 0.6 is 0 Å². The minimum absolute atomic E-state index is 0.220. The number of methoxy groups -OCH3 is 1. The van der Waals surface area contributed by atoms with E-state index in [0.717, 1.165) is 10.6 Å². The zero-order valence-corrected chi connectivity index (χ0v) is 15.2. The standard InChI is InChI=1S/C18H17N3O8/c1-27-14-13(23)11(29-17(14)20-7-6-12(22)19-18(20)26)8-28-21-15(24)9-4-2-3-5-10(9)16(21)25/h2-7,11,13-14,17,23H,8H2,1H3,(H,19,22,26)/t11-,13?,14?,17-/m0/s1. The first kappa shape index (κ1) is 19.2. The Balaban J connectivity index is 1.50. The van der Waals surface area contributed by atoms with E-state index in [4.69, 9.17) is 14.3 Å². The summed E-state index contributed by atoms with van der Waals surface area (Å²) in [5, 5.41) is 11.1. The Morgan fingerprint density at radius 2 is 1.76 bits per heavy atom. The number of hydrogen-bond donors (Lipinski definition) is 2. The Morgan fingerprint density at radius 1 is 1.10 bits per heavy atom. The molecule has 2 aromatic rings. The predicted molar refractivity (Wildman–Crippen MR) is 94.9 cm³/mol. The molecule has 1 saturated heterocycles. The number of aromatic nitrogens is 2. The van der Waals surface area contributed by atoms with E-state index in [-0.39, 0.29) is 17.7 Å². The molecule has 2 aliphatic rings. The van der Waals surface area contributed by atoms with Crippen molar-refractivity contribution in [1.82, 2.24) is 14.6 Å². The maximum Gasteiger partial charge on any atom is 0.330 e. The van der Waals surface area contributed by atoms with Gasteiger partial charge in [-0.1, -0.05) is 12.1 Å². The van der Waals surface area contributed by atoms with E-state index < -0.39 is 47.6 Å². The van der Waals surface area contributed by atoms with Crippen LogP contribution in [0.25, 0.3) is 0 Å². The summed E-state index contributed by atoms with van der Waals surface area (Å²) < 4.78 is 12.0. The van der Waals surface area contributed by atoms with Crippen LogP contribution in [0.2, 0.25) is 0 Å². The number of ether oxygens (including phenoxy) is 2. The molecule has 2 unspecified atom stereocenters. The molecule has 1 aromatic carbocycles. The topological polar surface area (TPSA) is 140 Å². The molecule has 0 saturated carbocycles. The third-order valence-electron chi connectivity index (χ3n) is 4.83. The number of fused-ring (bicyclic) bond motifs is 1. The summed E-state index contributed by atoms with van der Waals surface area (Å²) in [4.78, 5) is 55.4. The number of nitrogens with zero attached hydrogens (tertiary/aromatic N) is 2. The van der Waals surface area contributed by atoms with E-state index >= 15 is 0 Å². The van der Waals surface area contributed by atoms with Crippen molar-refractivity contribution < 1.29 is 29.0 Å². The highest BCUT2D eigenvalue weighted by atomic mass is 16.7. The van der Waals surface area contributed by atoms with Crippen molar-refractivity contribution in [3.63, 3.8) is 0 Å². The molecule has 1 fully saturated rings. The van der Waals surface area contributed by atoms with Gasteiger partial charge < -0.3 is 14.6 Å². The SMILES string of the molecule is COC1C(O)[C@H](CON2C(=O)c3ccccc3C2=O)O[C@@H]1n1ccc(=O)[nH]c1=O. The van der Waals surface area contributed by atoms with Gasteiger partial charge in [0.15, 0.2) is 6.23 Å². The van der Waals surface area contributed by atoms with Crippen LogP contribution in [0.1, 0.15) is 26.9 Å². The molecule has 2 N–H and O–H groups in total. The normalized spacial score (nSPS) is 26.2. The summed E-state index contributed by atoms with van der Waals surface area (Å²) >= 11 is 0. The molecule has 0 bridgehead atoms. The van der Waals surface area contributed by atoms with E-state index in [1.54, 1.807) is 12.1 Å². The number of nitrogens with one attached hydrogen (secondary N) is 1. The Kier molecular flexibility index (Phi) is 4.88. The predicted octanol–water partition coefficient (Wildman–Crippen LogP) is -0.962. The van der Waals surface area contributed by atoms with E-state index in [1.807, 2.05) is 0 Å². The van der Waals surface area contributed by atoms with Gasteiger partial charge in [0.25, 0.3) is 17.4 Å². The molecule has 3 heterocycles. The molecular weight excluding hydrogens is 386 g/mol. The Labute approximate surface area is 163 Å². The van der Waals surface area contributed by atoms with E-state index in [2.05, 4.69) is 4.98 Å². The van der Waals surface area contributed by atoms with Gasteiger partial charge in [0.05, 0.1) is 11.1 Å². The van der Waals surface area contributed by atoms with Crippen molar-refractivity contribution in [1.29, 1.82) is 0 Å². The fourth-order valence-electron chi connectivity index (χ4n) is 3.39. The highest BCUT2D eigenvalue weighted by molar-refractivity contribution is 6.20. The number of benzene rings is 1. The summed E-state index contributed by atoms with van der Waals surface area (Å²) in [6.07, 6.45) is -3.01. The number of aliphatic hydroxyl groups excluding tert-OH is 1. The van der Waals surface area contributed by atoms with Crippen molar-refractivity contribution in [3.8, 4) is 0 Å². The average molecular weight is 403 g/mol. The maximum absolute atomic E-state index is 12.3. The lowest BCUT2D eigenvalue weighted by molar-refractivity contribution is -0.141. The van der Waals surface area contributed by atoms with Crippen LogP contribution in [0.4, 0.5) is 0 Å². The van der Waals surface area contributed by atoms with Crippen molar-refractivity contribution in [2.45, 2.75) is 24.5 Å². The number of aliphatic hydroxyl groups is 1. The quantitative estimate of drug-likeness (QED) is 0.608. The molecule has 1 aromatic heterocycles. The third-order valence-corrected chi connectivity index (χ3v) is 4.83. The van der Waals surface area contributed by atoms with Gasteiger partial charge in [0.2, 0.25) is 0 Å². The first-order valence-corrected chi connectivity index (χ1v) is 8.71. The Bertz CT molecular complexity index is 1040. The first-order chi connectivity index (χ1) is 13.9. The van der Waals surface area contributed by atoms with Crippen LogP contribution in [-0.2, 0) is 14.3 Å². The largest absolute Gasteiger partial charge is 0.387 e. The second-order valence-electron chi connectivity index (χ2n) is 6.52. The summed E-state index contributed by atoms with van der Waals surface area (Å²) in [5.41, 5.74) is -0.876. The zero-order valence-electron chi connectivity index (χ0n) is 15.2. The lowest BCUT2D eigenvalue weighted by Gasteiger charge is -2.20. The molecule has 29 heavy (non-hydrogen) atoms. The number of hydrogen-bond acceptors (Lipinski definition) is 8. The van der Waals surface area contributed by atoms with Gasteiger partial charge in [-0.05, 0) is 12.1 Å². The highest BCUT2D eigenvalue weighted by Crippen LogP contribution is 2.31. The monoisotopic (exact) mass is 403 g/mol. The van der Waals surface area contributed by atoms with Crippen LogP contribution in [0.5, 0.6) is 0 Å². The molecule has 11 heteroatoms. The number of amides is 2. The molecule has 2 aliphatic heterocycles. The molecule has 152 valence electrons. The minimum Gasteiger partial charge on any atom is -0.387 e. The van der Waals surface area contributed by atoms with Gasteiger partial charge in [-0.3, -0.25) is 28.8 Å². The maximum atomic E-state index is 12.3. The van der Waals surface area contributed by atoms with E-state index in [0.29, 0.717) is 5.06 Å². The third kappa shape index (κ3) is 3.19. The second-order valence-corrected chi connectivity index (χ2v) is 6.52.